The van der Waals surface area contributed by atoms with E-state index in [0.717, 1.165) is 10.9 Å². The maximum atomic E-state index is 13.7. The first-order valence-corrected chi connectivity index (χ1v) is 15.6. The molecule has 2 fully saturated rings. The van der Waals surface area contributed by atoms with Crippen LogP contribution in [0.15, 0.2) is 29.7 Å². The molecule has 0 radical (unpaired) electrons. The van der Waals surface area contributed by atoms with Crippen molar-refractivity contribution in [2.75, 3.05) is 24.7 Å². The van der Waals surface area contributed by atoms with Gasteiger partial charge in [-0.3, -0.25) is 18.9 Å². The predicted molar refractivity (Wildman–Crippen MR) is 146 cm³/mol. The van der Waals surface area contributed by atoms with E-state index >= 15 is 0 Å². The molecular weight excluding hydrogens is 632 g/mol. The Labute approximate surface area is 245 Å². The van der Waals surface area contributed by atoms with Crippen LogP contribution >= 0.6 is 15.9 Å². The highest BCUT2D eigenvalue weighted by atomic mass is 31.2. The lowest BCUT2D eigenvalue weighted by Crippen LogP contribution is -2.36. The SMILES string of the molecule is Nc1nc2c(ncn2[C@@H]2O[C@H](CO[P+](=O)O)[C@@H](O)[C@H]2P(=O)(O)OC[C@H]2O[C@@H](n3ccc4c(N)ncnc43)[C@H](O)[C@@H]2O)c(=O)[nH]1. The number of H-pyrrole nitrogens is 1. The van der Waals surface area contributed by atoms with E-state index in [2.05, 4.69) is 29.4 Å². The number of hydrogen-bond donors (Lipinski definition) is 8. The van der Waals surface area contributed by atoms with Crippen LogP contribution in [-0.4, -0.2) is 109 Å². The molecule has 0 saturated carbocycles. The molecule has 10 N–H and O–H groups in total. The Morgan fingerprint density at radius 2 is 1.75 bits per heavy atom. The van der Waals surface area contributed by atoms with Gasteiger partial charge in [-0.25, -0.2) is 15.0 Å². The molecule has 0 amide bonds. The number of nitrogens with two attached hydrogens (primary N) is 2. The molecule has 2 aliphatic rings. The molecule has 0 bridgehead atoms. The number of nitrogens with zero attached hydrogens (tertiary/aromatic N) is 6. The number of aliphatic hydroxyl groups excluding tert-OH is 3. The van der Waals surface area contributed by atoms with Crippen molar-refractivity contribution in [1.82, 2.24) is 34.1 Å². The van der Waals surface area contributed by atoms with Crippen LogP contribution in [0.2, 0.25) is 0 Å². The van der Waals surface area contributed by atoms with Crippen molar-refractivity contribution in [3.63, 3.8) is 0 Å². The summed E-state index contributed by atoms with van der Waals surface area (Å²) in [6.45, 7) is -1.41. The Balaban J connectivity index is 1.26. The summed E-state index contributed by atoms with van der Waals surface area (Å²) in [4.78, 5) is 50.7. The van der Waals surface area contributed by atoms with Gasteiger partial charge in [0.15, 0.2) is 23.6 Å². The van der Waals surface area contributed by atoms with Gasteiger partial charge in [0.2, 0.25) is 5.95 Å². The molecule has 6 rings (SSSR count). The van der Waals surface area contributed by atoms with Crippen molar-refractivity contribution in [1.29, 1.82) is 0 Å². The fourth-order valence-electron chi connectivity index (χ4n) is 5.28. The first kappa shape index (κ1) is 30.6. The van der Waals surface area contributed by atoms with E-state index in [4.69, 9.17) is 30.4 Å². The summed E-state index contributed by atoms with van der Waals surface area (Å²) in [5.41, 5.74) is 8.94. The van der Waals surface area contributed by atoms with Gasteiger partial charge in [-0.05, 0) is 6.07 Å². The van der Waals surface area contributed by atoms with E-state index in [-0.39, 0.29) is 22.9 Å². The highest BCUT2D eigenvalue weighted by Crippen LogP contribution is 2.57. The van der Waals surface area contributed by atoms with Crippen LogP contribution in [0.5, 0.6) is 0 Å². The lowest BCUT2D eigenvalue weighted by Gasteiger charge is -2.27. The third kappa shape index (κ3) is 5.27. The molecule has 2 saturated heterocycles. The van der Waals surface area contributed by atoms with Crippen molar-refractivity contribution in [2.45, 2.75) is 48.6 Å². The topological polar surface area (TPSA) is 319 Å². The monoisotopic (exact) mass is 658 g/mol. The molecule has 0 aromatic carbocycles. The molecule has 236 valence electrons. The summed E-state index contributed by atoms with van der Waals surface area (Å²) in [6, 6.07) is 1.59. The number of imidazole rings is 1. The summed E-state index contributed by atoms with van der Waals surface area (Å²) < 4.78 is 48.8. The number of nitrogen functional groups attached to an aromatic ring is 2. The molecule has 23 heteroatoms. The quantitative estimate of drug-likeness (QED) is 0.0888. The number of aliphatic hydroxyl groups is 3. The predicted octanol–water partition coefficient (Wildman–Crippen LogP) is -2.16. The number of ether oxygens (including phenoxy) is 2. The van der Waals surface area contributed by atoms with Crippen LogP contribution in [-0.2, 0) is 27.7 Å². The van der Waals surface area contributed by atoms with Gasteiger partial charge in [0, 0.05) is 10.8 Å². The zero-order chi connectivity index (χ0) is 31.5. The zero-order valence-corrected chi connectivity index (χ0v) is 24.0. The molecule has 0 spiro atoms. The summed E-state index contributed by atoms with van der Waals surface area (Å²) in [5, 5.41) is 32.9. The average molecular weight is 658 g/mol. The van der Waals surface area contributed by atoms with E-state index in [9.17, 15) is 34.1 Å². The molecule has 44 heavy (non-hydrogen) atoms. The minimum absolute atomic E-state index is 0.160. The van der Waals surface area contributed by atoms with Gasteiger partial charge < -0.3 is 50.2 Å². The minimum atomic E-state index is -4.98. The summed E-state index contributed by atoms with van der Waals surface area (Å²) in [6.07, 6.45) is -6.67. The third-order valence-corrected chi connectivity index (χ3v) is 9.57. The van der Waals surface area contributed by atoms with Gasteiger partial charge in [0.1, 0.15) is 60.6 Å². The molecule has 4 aromatic rings. The van der Waals surface area contributed by atoms with Gasteiger partial charge in [-0.1, -0.05) is 0 Å². The van der Waals surface area contributed by atoms with E-state index in [1.54, 1.807) is 6.07 Å². The van der Waals surface area contributed by atoms with Crippen molar-refractivity contribution in [3.05, 3.63) is 35.3 Å². The second-order valence-corrected chi connectivity index (χ2v) is 12.7. The lowest BCUT2D eigenvalue weighted by molar-refractivity contribution is -0.0492. The molecule has 2 aliphatic heterocycles. The number of hydrogen-bond acceptors (Lipinski definition) is 16. The number of nitrogens with one attached hydrogen (secondary N) is 1. The van der Waals surface area contributed by atoms with Crippen LogP contribution in [0.1, 0.15) is 12.5 Å². The second kappa shape index (κ2) is 11.5. The highest BCUT2D eigenvalue weighted by molar-refractivity contribution is 7.53. The molecule has 10 atom stereocenters. The van der Waals surface area contributed by atoms with Gasteiger partial charge in [0.05, 0.1) is 18.3 Å². The van der Waals surface area contributed by atoms with E-state index < -0.39 is 83.3 Å². The van der Waals surface area contributed by atoms with Crippen molar-refractivity contribution in [3.8, 4) is 0 Å². The number of anilines is 2. The summed E-state index contributed by atoms with van der Waals surface area (Å²) >= 11 is 0. The molecular formula is C21H26N9O12P2+. The Morgan fingerprint density at radius 1 is 1.02 bits per heavy atom. The summed E-state index contributed by atoms with van der Waals surface area (Å²) in [5.74, 6) is -0.123. The fourth-order valence-corrected chi connectivity index (χ4v) is 7.20. The summed E-state index contributed by atoms with van der Waals surface area (Å²) in [7, 11) is -8.09. The van der Waals surface area contributed by atoms with E-state index in [1.165, 1.54) is 17.1 Å². The minimum Gasteiger partial charge on any atom is -0.389 e. The molecule has 6 heterocycles. The standard InChI is InChI=1S/C21H25N9O12P2/c22-15-7-1-2-29(16(7)25-5-24-15)19-13(33)11(31)9(41-19)4-40-44(37,38)14-12(32)8(3-39-43(35)36)42-20(14)30-6-26-10-17(30)27-21(23)28-18(10)34/h1-2,5-6,8-9,11-14,19-20,31-33H,3-4H2,(H6-,22,23,24,25,27,28,34,35,36,37,38)/p+1/t8-,9-,11-,12-,13-,14-,19-,20-/m1/s1. The highest BCUT2D eigenvalue weighted by Gasteiger charge is 2.56. The Morgan fingerprint density at radius 3 is 2.50 bits per heavy atom. The van der Waals surface area contributed by atoms with Gasteiger partial charge >= 0.3 is 15.9 Å². The third-order valence-electron chi connectivity index (χ3n) is 7.36. The molecule has 21 nitrogen and oxygen atoms in total. The molecule has 2 unspecified atom stereocenters. The lowest BCUT2D eigenvalue weighted by atomic mass is 10.1. The van der Waals surface area contributed by atoms with Crippen LogP contribution in [0.25, 0.3) is 22.2 Å². The van der Waals surface area contributed by atoms with Crippen LogP contribution in [0.4, 0.5) is 11.8 Å². The number of rotatable bonds is 9. The van der Waals surface area contributed by atoms with Crippen LogP contribution in [0.3, 0.4) is 0 Å². The Kier molecular flexibility index (Phi) is 7.97. The average Bonchev–Trinajstić information content (AvgIpc) is 3.72. The fraction of sp³-hybridized carbons (Fsp3) is 0.476. The van der Waals surface area contributed by atoms with Crippen LogP contribution in [0, 0.1) is 0 Å². The molecule has 4 aromatic heterocycles. The van der Waals surface area contributed by atoms with Crippen LogP contribution < -0.4 is 17.0 Å². The van der Waals surface area contributed by atoms with Gasteiger partial charge in [-0.15, -0.1) is 9.42 Å². The molecule has 0 aliphatic carbocycles. The van der Waals surface area contributed by atoms with Gasteiger partial charge in [-0.2, -0.15) is 4.98 Å². The zero-order valence-electron chi connectivity index (χ0n) is 22.2. The Bertz CT molecular complexity index is 1830. The van der Waals surface area contributed by atoms with E-state index in [1.807, 2.05) is 0 Å². The largest absolute Gasteiger partial charge is 0.694 e. The first-order chi connectivity index (χ1) is 20.9. The maximum Gasteiger partial charge on any atom is 0.694 e. The van der Waals surface area contributed by atoms with Crippen molar-refractivity contribution < 1.29 is 52.8 Å². The number of fused-ring (bicyclic) bond motifs is 2. The first-order valence-electron chi connectivity index (χ1n) is 12.8. The second-order valence-electron chi connectivity index (χ2n) is 9.98. The van der Waals surface area contributed by atoms with E-state index in [0.29, 0.717) is 11.0 Å². The number of aromatic nitrogens is 7. The van der Waals surface area contributed by atoms with Gasteiger partial charge in [0.25, 0.3) is 5.56 Å². The van der Waals surface area contributed by atoms with Crippen molar-refractivity contribution in [2.24, 2.45) is 0 Å². The Hall–Kier alpha value is -3.46. The number of aromatic amines is 1. The van der Waals surface area contributed by atoms with Crippen molar-refractivity contribution >= 4 is 49.8 Å². The maximum absolute atomic E-state index is 13.7. The smallest absolute Gasteiger partial charge is 0.389 e. The normalized spacial score (nSPS) is 30.7.